The number of carbonyl (C=O) groups is 1. The van der Waals surface area contributed by atoms with Crippen molar-refractivity contribution in [3.8, 4) is 0 Å². The molecule has 0 saturated heterocycles. The van der Waals surface area contributed by atoms with Crippen LogP contribution in [0.5, 0.6) is 0 Å². The minimum absolute atomic E-state index is 0.106. The maximum atomic E-state index is 12.2. The standard InChI is InChI=1S/C12H24N2O2S/c1-2-14-12(15)9-17(16)11-7-5-3-4-6-10(11)8-13/h10-11H,2-9,13H2,1H3,(H,14,15). The molecule has 0 heterocycles. The molecular formula is C12H24N2O2S. The highest BCUT2D eigenvalue weighted by molar-refractivity contribution is 7.86. The quantitative estimate of drug-likeness (QED) is 0.718. The van der Waals surface area contributed by atoms with E-state index in [1.807, 2.05) is 6.92 Å². The van der Waals surface area contributed by atoms with Gasteiger partial charge < -0.3 is 11.1 Å². The van der Waals surface area contributed by atoms with Crippen LogP contribution >= 0.6 is 0 Å². The Morgan fingerprint density at radius 3 is 2.71 bits per heavy atom. The van der Waals surface area contributed by atoms with Crippen LogP contribution in [0.3, 0.4) is 0 Å². The highest BCUT2D eigenvalue weighted by Gasteiger charge is 2.28. The van der Waals surface area contributed by atoms with Crippen LogP contribution in [0.15, 0.2) is 0 Å². The Labute approximate surface area is 106 Å². The lowest BCUT2D eigenvalue weighted by Gasteiger charge is -2.22. The predicted octanol–water partition coefficient (Wildman–Crippen LogP) is 0.779. The fraction of sp³-hybridized carbons (Fsp3) is 0.917. The lowest BCUT2D eigenvalue weighted by Crippen LogP contribution is -2.36. The fourth-order valence-electron chi connectivity index (χ4n) is 2.45. The Morgan fingerprint density at radius 2 is 2.06 bits per heavy atom. The molecule has 0 radical (unpaired) electrons. The molecule has 3 unspecified atom stereocenters. The van der Waals surface area contributed by atoms with E-state index in [1.165, 1.54) is 12.8 Å². The largest absolute Gasteiger partial charge is 0.356 e. The molecule has 100 valence electrons. The van der Waals surface area contributed by atoms with Crippen molar-refractivity contribution < 1.29 is 9.00 Å². The zero-order valence-corrected chi connectivity index (χ0v) is 11.4. The SMILES string of the molecule is CCNC(=O)CS(=O)C1CCCCCC1CN. The fourth-order valence-corrected chi connectivity index (χ4v) is 4.13. The van der Waals surface area contributed by atoms with E-state index in [4.69, 9.17) is 5.73 Å². The Hall–Kier alpha value is -0.420. The smallest absolute Gasteiger partial charge is 0.232 e. The molecule has 1 rings (SSSR count). The molecule has 0 aromatic rings. The second kappa shape index (κ2) is 7.82. The summed E-state index contributed by atoms with van der Waals surface area (Å²) in [6.07, 6.45) is 5.50. The van der Waals surface area contributed by atoms with Gasteiger partial charge in [-0.2, -0.15) is 0 Å². The zero-order chi connectivity index (χ0) is 12.7. The minimum atomic E-state index is -1.07. The van der Waals surface area contributed by atoms with E-state index >= 15 is 0 Å². The first-order chi connectivity index (χ1) is 8.19. The van der Waals surface area contributed by atoms with Crippen molar-refractivity contribution in [2.45, 2.75) is 44.3 Å². The van der Waals surface area contributed by atoms with Crippen molar-refractivity contribution in [1.29, 1.82) is 0 Å². The van der Waals surface area contributed by atoms with Crippen molar-refractivity contribution in [3.05, 3.63) is 0 Å². The lowest BCUT2D eigenvalue weighted by molar-refractivity contribution is -0.118. The van der Waals surface area contributed by atoms with Gasteiger partial charge in [-0.15, -0.1) is 0 Å². The summed E-state index contributed by atoms with van der Waals surface area (Å²) in [5.41, 5.74) is 5.76. The molecule has 1 saturated carbocycles. The van der Waals surface area contributed by atoms with Gasteiger partial charge in [-0.1, -0.05) is 19.3 Å². The number of amides is 1. The van der Waals surface area contributed by atoms with Crippen molar-refractivity contribution in [3.63, 3.8) is 0 Å². The van der Waals surface area contributed by atoms with E-state index in [9.17, 15) is 9.00 Å². The molecule has 1 aliphatic carbocycles. The number of hydrogen-bond donors (Lipinski definition) is 2. The Kier molecular flexibility index (Phi) is 6.73. The topological polar surface area (TPSA) is 72.2 Å². The molecule has 0 aromatic heterocycles. The molecule has 0 bridgehead atoms. The first kappa shape index (κ1) is 14.6. The molecule has 0 aliphatic heterocycles. The van der Waals surface area contributed by atoms with Gasteiger partial charge in [0, 0.05) is 22.6 Å². The Bertz CT molecular complexity index is 271. The first-order valence-electron chi connectivity index (χ1n) is 6.53. The molecule has 17 heavy (non-hydrogen) atoms. The van der Waals surface area contributed by atoms with Gasteiger partial charge in [0.05, 0.1) is 0 Å². The van der Waals surface area contributed by atoms with Gasteiger partial charge in [0.25, 0.3) is 0 Å². The average molecular weight is 260 g/mol. The summed E-state index contributed by atoms with van der Waals surface area (Å²) in [4.78, 5) is 11.4. The van der Waals surface area contributed by atoms with Crippen molar-refractivity contribution in [2.75, 3.05) is 18.8 Å². The highest BCUT2D eigenvalue weighted by Crippen LogP contribution is 2.26. The normalized spacial score (nSPS) is 27.2. The highest BCUT2D eigenvalue weighted by atomic mass is 32.2. The van der Waals surface area contributed by atoms with Crippen LogP contribution in [0.25, 0.3) is 0 Å². The molecule has 1 fully saturated rings. The number of nitrogens with two attached hydrogens (primary N) is 1. The third-order valence-corrected chi connectivity index (χ3v) is 5.22. The number of nitrogens with one attached hydrogen (secondary N) is 1. The Balaban J connectivity index is 2.54. The van der Waals surface area contributed by atoms with Crippen LogP contribution in [0, 0.1) is 5.92 Å². The van der Waals surface area contributed by atoms with Crippen LogP contribution in [0.1, 0.15) is 39.0 Å². The van der Waals surface area contributed by atoms with Gasteiger partial charge in [-0.25, -0.2) is 0 Å². The first-order valence-corrected chi connectivity index (χ1v) is 7.91. The van der Waals surface area contributed by atoms with Gasteiger partial charge in [0.15, 0.2) is 0 Å². The summed E-state index contributed by atoms with van der Waals surface area (Å²) in [6, 6.07) is 0. The van der Waals surface area contributed by atoms with E-state index in [0.29, 0.717) is 19.0 Å². The third-order valence-electron chi connectivity index (χ3n) is 3.38. The van der Waals surface area contributed by atoms with E-state index in [0.717, 1.165) is 19.3 Å². The number of carbonyl (C=O) groups excluding carboxylic acids is 1. The van der Waals surface area contributed by atoms with Gasteiger partial charge in [-0.05, 0) is 32.2 Å². The number of rotatable bonds is 5. The summed E-state index contributed by atoms with van der Waals surface area (Å²) in [7, 11) is -1.07. The van der Waals surface area contributed by atoms with Gasteiger partial charge in [0.1, 0.15) is 5.75 Å². The maximum absolute atomic E-state index is 12.2. The van der Waals surface area contributed by atoms with Crippen LogP contribution in [-0.2, 0) is 15.6 Å². The average Bonchev–Trinajstić information content (AvgIpc) is 2.53. The molecule has 1 amide bonds. The summed E-state index contributed by atoms with van der Waals surface area (Å²) >= 11 is 0. The molecular weight excluding hydrogens is 236 g/mol. The summed E-state index contributed by atoms with van der Waals surface area (Å²) < 4.78 is 12.2. The molecule has 3 atom stereocenters. The number of hydrogen-bond acceptors (Lipinski definition) is 3. The minimum Gasteiger partial charge on any atom is -0.356 e. The lowest BCUT2D eigenvalue weighted by atomic mass is 10.0. The van der Waals surface area contributed by atoms with E-state index in [-0.39, 0.29) is 16.9 Å². The summed E-state index contributed by atoms with van der Waals surface area (Å²) in [5, 5.41) is 2.82. The van der Waals surface area contributed by atoms with Crippen LogP contribution < -0.4 is 11.1 Å². The van der Waals surface area contributed by atoms with E-state index in [2.05, 4.69) is 5.32 Å². The summed E-state index contributed by atoms with van der Waals surface area (Å²) in [6.45, 7) is 3.06. The molecule has 0 aromatic carbocycles. The zero-order valence-electron chi connectivity index (χ0n) is 10.6. The second-order valence-electron chi connectivity index (χ2n) is 4.65. The molecule has 4 nitrogen and oxygen atoms in total. The molecule has 3 N–H and O–H groups in total. The van der Waals surface area contributed by atoms with Gasteiger partial charge >= 0.3 is 0 Å². The predicted molar refractivity (Wildman–Crippen MR) is 71.1 cm³/mol. The van der Waals surface area contributed by atoms with Gasteiger partial charge in [0.2, 0.25) is 5.91 Å². The Morgan fingerprint density at radius 1 is 1.35 bits per heavy atom. The van der Waals surface area contributed by atoms with Crippen LogP contribution in [0.4, 0.5) is 0 Å². The van der Waals surface area contributed by atoms with Gasteiger partial charge in [-0.3, -0.25) is 9.00 Å². The molecule has 0 spiro atoms. The maximum Gasteiger partial charge on any atom is 0.232 e. The van der Waals surface area contributed by atoms with Crippen LogP contribution in [-0.4, -0.2) is 34.2 Å². The van der Waals surface area contributed by atoms with Crippen molar-refractivity contribution in [1.82, 2.24) is 5.32 Å². The molecule has 1 aliphatic rings. The van der Waals surface area contributed by atoms with Crippen molar-refractivity contribution >= 4 is 16.7 Å². The molecule has 5 heteroatoms. The second-order valence-corrected chi connectivity index (χ2v) is 6.31. The van der Waals surface area contributed by atoms with Crippen molar-refractivity contribution in [2.24, 2.45) is 11.7 Å². The van der Waals surface area contributed by atoms with E-state index < -0.39 is 10.8 Å². The monoisotopic (exact) mass is 260 g/mol. The van der Waals surface area contributed by atoms with Crippen LogP contribution in [0.2, 0.25) is 0 Å². The summed E-state index contributed by atoms with van der Waals surface area (Å²) in [5.74, 6) is 0.355. The third kappa shape index (κ3) is 4.76. The van der Waals surface area contributed by atoms with E-state index in [1.54, 1.807) is 0 Å².